The lowest BCUT2D eigenvalue weighted by Gasteiger charge is -2.02. The summed E-state index contributed by atoms with van der Waals surface area (Å²) in [5, 5.41) is 0. The van der Waals surface area contributed by atoms with Crippen LogP contribution in [0.2, 0.25) is 0 Å². The van der Waals surface area contributed by atoms with Crippen molar-refractivity contribution in [1.29, 1.82) is 0 Å². The predicted molar refractivity (Wildman–Crippen MR) is 66.0 cm³/mol. The van der Waals surface area contributed by atoms with Gasteiger partial charge in [-0.3, -0.25) is 4.79 Å². The van der Waals surface area contributed by atoms with Crippen LogP contribution >= 0.6 is 0 Å². The fourth-order valence-corrected chi connectivity index (χ4v) is 1.46. The van der Waals surface area contributed by atoms with E-state index in [1.54, 1.807) is 0 Å². The number of rotatable bonds is 5. The molecule has 0 N–H and O–H groups in total. The van der Waals surface area contributed by atoms with E-state index in [0.717, 1.165) is 6.42 Å². The zero-order chi connectivity index (χ0) is 11.8. The first-order valence-electron chi connectivity index (χ1n) is 5.62. The first-order chi connectivity index (χ1) is 7.74. The molecule has 0 fully saturated rings. The van der Waals surface area contributed by atoms with Gasteiger partial charge in [-0.25, -0.2) is 0 Å². The highest BCUT2D eigenvalue weighted by Gasteiger charge is 1.99. The molecular weight excluding hydrogens is 200 g/mol. The average molecular weight is 218 g/mol. The highest BCUT2D eigenvalue weighted by atomic mass is 16.5. The van der Waals surface area contributed by atoms with E-state index in [0.29, 0.717) is 13.0 Å². The molecular formula is C14H18O2. The average Bonchev–Trinajstić information content (AvgIpc) is 2.30. The maximum atomic E-state index is 11.1. The van der Waals surface area contributed by atoms with Gasteiger partial charge in [0.25, 0.3) is 0 Å². The maximum Gasteiger partial charge on any atom is 0.306 e. The van der Waals surface area contributed by atoms with Crippen LogP contribution in [0.5, 0.6) is 0 Å². The van der Waals surface area contributed by atoms with E-state index in [-0.39, 0.29) is 5.97 Å². The van der Waals surface area contributed by atoms with E-state index in [1.807, 2.05) is 25.1 Å². The Kier molecular flexibility index (Phi) is 5.34. The molecule has 2 nitrogen and oxygen atoms in total. The van der Waals surface area contributed by atoms with Crippen molar-refractivity contribution in [3.63, 3.8) is 0 Å². The third-order valence-electron chi connectivity index (χ3n) is 2.33. The highest BCUT2D eigenvalue weighted by molar-refractivity contribution is 5.70. The van der Waals surface area contributed by atoms with Crippen LogP contribution in [0.1, 0.15) is 32.3 Å². The number of benzene rings is 1. The summed E-state index contributed by atoms with van der Waals surface area (Å²) in [6.07, 6.45) is 3.27. The Labute approximate surface area is 96.9 Å². The molecule has 0 aliphatic rings. The van der Waals surface area contributed by atoms with E-state index in [1.165, 1.54) is 11.1 Å². The molecule has 0 saturated heterocycles. The topological polar surface area (TPSA) is 26.3 Å². The Hall–Kier alpha value is -1.57. The molecule has 0 aliphatic heterocycles. The van der Waals surface area contributed by atoms with Crippen LogP contribution in [-0.2, 0) is 9.53 Å². The first kappa shape index (κ1) is 12.5. The molecule has 16 heavy (non-hydrogen) atoms. The minimum Gasteiger partial charge on any atom is -0.466 e. The van der Waals surface area contributed by atoms with Crippen LogP contribution in [0, 0.1) is 0 Å². The lowest BCUT2D eigenvalue weighted by Crippen LogP contribution is -2.02. The van der Waals surface area contributed by atoms with E-state index in [4.69, 9.17) is 4.74 Å². The predicted octanol–water partition coefficient (Wildman–Crippen LogP) is 3.43. The molecule has 0 spiro atoms. The Morgan fingerprint density at radius 2 is 2.00 bits per heavy atom. The van der Waals surface area contributed by atoms with Gasteiger partial charge in [-0.15, -0.1) is 0 Å². The van der Waals surface area contributed by atoms with Crippen molar-refractivity contribution >= 4 is 11.5 Å². The summed E-state index contributed by atoms with van der Waals surface area (Å²) in [5.74, 6) is -0.125. The van der Waals surface area contributed by atoms with Gasteiger partial charge in [0.2, 0.25) is 0 Å². The Bertz CT molecular complexity index is 352. The summed E-state index contributed by atoms with van der Waals surface area (Å²) in [6.45, 7) is 4.34. The minimum atomic E-state index is -0.125. The summed E-state index contributed by atoms with van der Waals surface area (Å²) in [7, 11) is 0. The van der Waals surface area contributed by atoms with E-state index >= 15 is 0 Å². The van der Waals surface area contributed by atoms with Gasteiger partial charge in [0.15, 0.2) is 0 Å². The molecule has 0 radical (unpaired) electrons. The smallest absolute Gasteiger partial charge is 0.306 e. The molecule has 0 bridgehead atoms. The summed E-state index contributed by atoms with van der Waals surface area (Å²) >= 11 is 0. The molecule has 1 aromatic carbocycles. The van der Waals surface area contributed by atoms with Crippen LogP contribution < -0.4 is 0 Å². The second-order valence-electron chi connectivity index (χ2n) is 3.60. The van der Waals surface area contributed by atoms with Crippen LogP contribution in [0.25, 0.3) is 5.57 Å². The molecule has 0 aliphatic carbocycles. The summed E-state index contributed by atoms with van der Waals surface area (Å²) in [6, 6.07) is 10.2. The largest absolute Gasteiger partial charge is 0.466 e. The molecule has 2 heteroatoms. The van der Waals surface area contributed by atoms with Crippen molar-refractivity contribution in [3.8, 4) is 0 Å². The minimum absolute atomic E-state index is 0.125. The van der Waals surface area contributed by atoms with Gasteiger partial charge >= 0.3 is 5.97 Å². The number of ether oxygens (including phenoxy) is 1. The van der Waals surface area contributed by atoms with Crippen LogP contribution in [-0.4, -0.2) is 12.6 Å². The van der Waals surface area contributed by atoms with Crippen LogP contribution in [0.3, 0.4) is 0 Å². The summed E-state index contributed by atoms with van der Waals surface area (Å²) in [5.41, 5.74) is 2.40. The SMILES string of the molecule is CCOC(=O)CC/C=C(/C)c1ccccc1. The van der Waals surface area contributed by atoms with Crippen molar-refractivity contribution < 1.29 is 9.53 Å². The zero-order valence-electron chi connectivity index (χ0n) is 9.90. The van der Waals surface area contributed by atoms with Crippen LogP contribution in [0.4, 0.5) is 0 Å². The summed E-state index contributed by atoms with van der Waals surface area (Å²) < 4.78 is 4.86. The fraction of sp³-hybridized carbons (Fsp3) is 0.357. The number of allylic oxidation sites excluding steroid dienone is 2. The van der Waals surface area contributed by atoms with E-state index < -0.39 is 0 Å². The van der Waals surface area contributed by atoms with E-state index in [9.17, 15) is 4.79 Å². The van der Waals surface area contributed by atoms with Crippen LogP contribution in [0.15, 0.2) is 36.4 Å². The molecule has 0 saturated carbocycles. The maximum absolute atomic E-state index is 11.1. The van der Waals surface area contributed by atoms with Gasteiger partial charge in [-0.2, -0.15) is 0 Å². The molecule has 1 rings (SSSR count). The number of hydrogen-bond acceptors (Lipinski definition) is 2. The number of esters is 1. The Morgan fingerprint density at radius 1 is 1.31 bits per heavy atom. The fourth-order valence-electron chi connectivity index (χ4n) is 1.46. The van der Waals surface area contributed by atoms with Gasteiger partial charge in [0.05, 0.1) is 6.61 Å². The van der Waals surface area contributed by atoms with Crippen molar-refractivity contribution in [2.75, 3.05) is 6.61 Å². The quantitative estimate of drug-likeness (QED) is 0.708. The van der Waals surface area contributed by atoms with Crippen molar-refractivity contribution in [1.82, 2.24) is 0 Å². The van der Waals surface area contributed by atoms with Gasteiger partial charge in [0, 0.05) is 6.42 Å². The molecule has 1 aromatic rings. The van der Waals surface area contributed by atoms with Gasteiger partial charge in [-0.1, -0.05) is 36.4 Å². The monoisotopic (exact) mass is 218 g/mol. The first-order valence-corrected chi connectivity index (χ1v) is 5.62. The molecule has 86 valence electrons. The zero-order valence-corrected chi connectivity index (χ0v) is 9.90. The third kappa shape index (κ3) is 4.30. The molecule has 0 unspecified atom stereocenters. The molecule has 0 amide bonds. The lowest BCUT2D eigenvalue weighted by molar-refractivity contribution is -0.142. The Balaban J connectivity index is 2.43. The van der Waals surface area contributed by atoms with Gasteiger partial charge < -0.3 is 4.74 Å². The number of hydrogen-bond donors (Lipinski definition) is 0. The van der Waals surface area contributed by atoms with Crippen molar-refractivity contribution in [2.45, 2.75) is 26.7 Å². The molecule has 0 atom stereocenters. The Morgan fingerprint density at radius 3 is 2.62 bits per heavy atom. The molecule has 0 heterocycles. The second-order valence-corrected chi connectivity index (χ2v) is 3.60. The normalized spacial score (nSPS) is 11.2. The van der Waals surface area contributed by atoms with Gasteiger partial charge in [-0.05, 0) is 31.4 Å². The standard InChI is InChI=1S/C14H18O2/c1-3-16-14(15)11-7-8-12(2)13-9-5-4-6-10-13/h4-6,8-10H,3,7,11H2,1-2H3/b12-8-. The molecule has 0 aromatic heterocycles. The van der Waals surface area contributed by atoms with E-state index in [2.05, 4.69) is 25.1 Å². The van der Waals surface area contributed by atoms with Gasteiger partial charge in [0.1, 0.15) is 0 Å². The number of carbonyl (C=O) groups is 1. The summed E-state index contributed by atoms with van der Waals surface area (Å²) in [4.78, 5) is 11.1. The third-order valence-corrected chi connectivity index (χ3v) is 2.33. The highest BCUT2D eigenvalue weighted by Crippen LogP contribution is 2.14. The lowest BCUT2D eigenvalue weighted by atomic mass is 10.1. The second kappa shape index (κ2) is 6.83. The van der Waals surface area contributed by atoms with Crippen molar-refractivity contribution in [2.24, 2.45) is 0 Å². The van der Waals surface area contributed by atoms with Crippen molar-refractivity contribution in [3.05, 3.63) is 42.0 Å². The number of carbonyl (C=O) groups excluding carboxylic acids is 1.